The molecule has 2 N–H and O–H groups in total. The second kappa shape index (κ2) is 9.38. The number of rotatable bonds is 8. The Morgan fingerprint density at radius 1 is 1.25 bits per heavy atom. The minimum Gasteiger partial charge on any atom is -0.339 e. The Kier molecular flexibility index (Phi) is 8.20. The summed E-state index contributed by atoms with van der Waals surface area (Å²) in [5.74, 6) is 1.11. The van der Waals surface area contributed by atoms with Crippen LogP contribution in [0.15, 0.2) is 0 Å². The maximum absolute atomic E-state index is 12.9. The van der Waals surface area contributed by atoms with Crippen molar-refractivity contribution in [3.63, 3.8) is 0 Å². The molecular formula is C17H34N2O. The lowest BCUT2D eigenvalue weighted by molar-refractivity contribution is -0.140. The molecule has 1 fully saturated rings. The molecule has 0 spiro atoms. The van der Waals surface area contributed by atoms with Gasteiger partial charge in [0.1, 0.15) is 0 Å². The van der Waals surface area contributed by atoms with Gasteiger partial charge < -0.3 is 10.6 Å². The van der Waals surface area contributed by atoms with E-state index >= 15 is 0 Å². The van der Waals surface area contributed by atoms with Gasteiger partial charge in [-0.25, -0.2) is 0 Å². The zero-order valence-corrected chi connectivity index (χ0v) is 13.7. The van der Waals surface area contributed by atoms with E-state index in [0.29, 0.717) is 17.9 Å². The smallest absolute Gasteiger partial charge is 0.225 e. The summed E-state index contributed by atoms with van der Waals surface area (Å²) in [5, 5.41) is 0. The number of hydrogen-bond acceptors (Lipinski definition) is 2. The number of hydrogen-bond donors (Lipinski definition) is 1. The van der Waals surface area contributed by atoms with E-state index in [1.807, 2.05) is 0 Å². The summed E-state index contributed by atoms with van der Waals surface area (Å²) in [5.41, 5.74) is 5.94. The first-order valence-corrected chi connectivity index (χ1v) is 8.69. The number of carbonyl (C=O) groups is 1. The van der Waals surface area contributed by atoms with Crippen molar-refractivity contribution in [2.24, 2.45) is 17.6 Å². The van der Waals surface area contributed by atoms with Crippen LogP contribution < -0.4 is 5.73 Å². The second-order valence-electron chi connectivity index (χ2n) is 6.22. The average molecular weight is 282 g/mol. The lowest BCUT2D eigenvalue weighted by atomic mass is 9.82. The van der Waals surface area contributed by atoms with Gasteiger partial charge in [-0.1, -0.05) is 39.5 Å². The van der Waals surface area contributed by atoms with Gasteiger partial charge in [-0.05, 0) is 45.1 Å². The zero-order valence-electron chi connectivity index (χ0n) is 13.7. The predicted molar refractivity (Wildman–Crippen MR) is 85.5 cm³/mol. The van der Waals surface area contributed by atoms with E-state index in [2.05, 4.69) is 25.7 Å². The Morgan fingerprint density at radius 2 is 1.95 bits per heavy atom. The molecule has 3 unspecified atom stereocenters. The Balaban J connectivity index is 2.73. The lowest BCUT2D eigenvalue weighted by Gasteiger charge is -2.40. The van der Waals surface area contributed by atoms with E-state index < -0.39 is 0 Å². The fourth-order valence-corrected chi connectivity index (χ4v) is 3.61. The molecule has 0 radical (unpaired) electrons. The minimum atomic E-state index is 0.218. The normalized spacial score (nSPS) is 24.4. The molecule has 0 aromatic carbocycles. The van der Waals surface area contributed by atoms with Gasteiger partial charge in [0, 0.05) is 18.5 Å². The maximum Gasteiger partial charge on any atom is 0.225 e. The number of carbonyl (C=O) groups excluding carboxylic acids is 1. The summed E-state index contributed by atoms with van der Waals surface area (Å²) in [6.07, 6.45) is 9.20. The Morgan fingerprint density at radius 3 is 2.50 bits per heavy atom. The van der Waals surface area contributed by atoms with Crippen LogP contribution in [0, 0.1) is 11.8 Å². The van der Waals surface area contributed by atoms with Crippen molar-refractivity contribution < 1.29 is 4.79 Å². The van der Waals surface area contributed by atoms with Crippen LogP contribution in [0.5, 0.6) is 0 Å². The summed E-state index contributed by atoms with van der Waals surface area (Å²) in [6, 6.07) is 0.391. The van der Waals surface area contributed by atoms with Crippen LogP contribution in [0.2, 0.25) is 0 Å². The van der Waals surface area contributed by atoms with Crippen LogP contribution in [-0.2, 0) is 4.79 Å². The highest BCUT2D eigenvalue weighted by atomic mass is 16.2. The number of amides is 1. The van der Waals surface area contributed by atoms with Gasteiger partial charge in [-0.2, -0.15) is 0 Å². The molecule has 0 aromatic rings. The average Bonchev–Trinajstić information content (AvgIpc) is 2.49. The first-order valence-electron chi connectivity index (χ1n) is 8.69. The topological polar surface area (TPSA) is 46.3 Å². The van der Waals surface area contributed by atoms with Crippen LogP contribution >= 0.6 is 0 Å². The van der Waals surface area contributed by atoms with E-state index in [0.717, 1.165) is 38.8 Å². The van der Waals surface area contributed by atoms with Crippen molar-refractivity contribution in [3.05, 3.63) is 0 Å². The highest BCUT2D eigenvalue weighted by molar-refractivity contribution is 5.79. The monoisotopic (exact) mass is 282 g/mol. The SMILES string of the molecule is CCCCC(CC)C(=O)N(CC)C1CCCCC1CN. The second-order valence-corrected chi connectivity index (χ2v) is 6.22. The Hall–Kier alpha value is -0.570. The molecule has 1 rings (SSSR count). The van der Waals surface area contributed by atoms with Gasteiger partial charge in [0.25, 0.3) is 0 Å². The van der Waals surface area contributed by atoms with Crippen molar-refractivity contribution in [2.45, 2.75) is 78.2 Å². The zero-order chi connectivity index (χ0) is 15.0. The molecular weight excluding hydrogens is 248 g/mol. The standard InChI is InChI=1S/C17H34N2O/c1-4-7-10-14(5-2)17(20)19(6-3)16-12-9-8-11-15(16)13-18/h14-16H,4-13,18H2,1-3H3. The van der Waals surface area contributed by atoms with Gasteiger partial charge in [-0.15, -0.1) is 0 Å². The van der Waals surface area contributed by atoms with Crippen LogP contribution in [0.3, 0.4) is 0 Å². The maximum atomic E-state index is 12.9. The summed E-state index contributed by atoms with van der Waals surface area (Å²) >= 11 is 0. The molecule has 3 heteroatoms. The molecule has 0 aliphatic heterocycles. The molecule has 1 aliphatic carbocycles. The Labute approximate surface area is 125 Å². The molecule has 0 saturated heterocycles. The third-order valence-electron chi connectivity index (χ3n) is 4.94. The summed E-state index contributed by atoms with van der Waals surface area (Å²) < 4.78 is 0. The minimum absolute atomic E-state index is 0.218. The van der Waals surface area contributed by atoms with Gasteiger partial charge in [0.15, 0.2) is 0 Å². The number of nitrogens with zero attached hydrogens (tertiary/aromatic N) is 1. The fraction of sp³-hybridized carbons (Fsp3) is 0.941. The molecule has 0 heterocycles. The van der Waals surface area contributed by atoms with Crippen LogP contribution in [0.25, 0.3) is 0 Å². The van der Waals surface area contributed by atoms with Crippen molar-refractivity contribution in [3.8, 4) is 0 Å². The Bertz CT molecular complexity index is 280. The molecule has 0 aromatic heterocycles. The molecule has 1 amide bonds. The summed E-state index contributed by atoms with van der Waals surface area (Å²) in [6.45, 7) is 8.02. The van der Waals surface area contributed by atoms with Crippen molar-refractivity contribution in [1.82, 2.24) is 4.90 Å². The van der Waals surface area contributed by atoms with Crippen LogP contribution in [-0.4, -0.2) is 29.9 Å². The third kappa shape index (κ3) is 4.47. The molecule has 1 aliphatic rings. The first-order chi connectivity index (χ1) is 9.69. The quantitative estimate of drug-likeness (QED) is 0.740. The van der Waals surface area contributed by atoms with E-state index in [-0.39, 0.29) is 5.92 Å². The largest absolute Gasteiger partial charge is 0.339 e. The van der Waals surface area contributed by atoms with Crippen molar-refractivity contribution >= 4 is 5.91 Å². The number of unbranched alkanes of at least 4 members (excludes halogenated alkanes) is 1. The molecule has 20 heavy (non-hydrogen) atoms. The molecule has 0 bridgehead atoms. The molecule has 118 valence electrons. The van der Waals surface area contributed by atoms with E-state index in [9.17, 15) is 4.79 Å². The van der Waals surface area contributed by atoms with Gasteiger partial charge >= 0.3 is 0 Å². The molecule has 1 saturated carbocycles. The third-order valence-corrected chi connectivity index (χ3v) is 4.94. The lowest BCUT2D eigenvalue weighted by Crippen LogP contribution is -2.49. The van der Waals surface area contributed by atoms with Crippen molar-refractivity contribution in [1.29, 1.82) is 0 Å². The summed E-state index contributed by atoms with van der Waals surface area (Å²) in [4.78, 5) is 15.0. The summed E-state index contributed by atoms with van der Waals surface area (Å²) in [7, 11) is 0. The van der Waals surface area contributed by atoms with E-state index in [1.165, 1.54) is 25.7 Å². The van der Waals surface area contributed by atoms with E-state index in [4.69, 9.17) is 5.73 Å². The first kappa shape index (κ1) is 17.5. The molecule has 3 nitrogen and oxygen atoms in total. The van der Waals surface area contributed by atoms with Gasteiger partial charge in [0.05, 0.1) is 0 Å². The molecule has 3 atom stereocenters. The van der Waals surface area contributed by atoms with Crippen LogP contribution in [0.4, 0.5) is 0 Å². The highest BCUT2D eigenvalue weighted by Crippen LogP contribution is 2.29. The van der Waals surface area contributed by atoms with Gasteiger partial charge in [0.2, 0.25) is 5.91 Å². The van der Waals surface area contributed by atoms with E-state index in [1.54, 1.807) is 0 Å². The predicted octanol–water partition coefficient (Wildman–Crippen LogP) is 3.57. The fourth-order valence-electron chi connectivity index (χ4n) is 3.61. The highest BCUT2D eigenvalue weighted by Gasteiger charge is 2.33. The number of nitrogens with two attached hydrogens (primary N) is 1. The van der Waals surface area contributed by atoms with Crippen molar-refractivity contribution in [2.75, 3.05) is 13.1 Å². The van der Waals surface area contributed by atoms with Gasteiger partial charge in [-0.3, -0.25) is 4.79 Å². The van der Waals surface area contributed by atoms with Crippen LogP contribution in [0.1, 0.15) is 72.1 Å².